The molecule has 4 rings (SSSR count). The molecular formula is C19H23N5O4. The molecule has 0 saturated carbocycles. The maximum atomic E-state index is 12.8. The fraction of sp³-hybridized carbons (Fsp3) is 0.526. The van der Waals surface area contributed by atoms with E-state index in [0.29, 0.717) is 29.9 Å². The van der Waals surface area contributed by atoms with Crippen LogP contribution in [0.2, 0.25) is 0 Å². The molecule has 0 aromatic carbocycles. The lowest BCUT2D eigenvalue weighted by atomic mass is 10.1. The second kappa shape index (κ2) is 6.88. The topological polar surface area (TPSA) is 108 Å². The van der Waals surface area contributed by atoms with Crippen molar-refractivity contribution in [1.29, 1.82) is 0 Å². The van der Waals surface area contributed by atoms with Gasteiger partial charge in [-0.05, 0) is 26.2 Å². The number of aryl methyl sites for hydroxylation is 1. The number of rotatable bonds is 4. The molecule has 0 aliphatic carbocycles. The number of fused-ring (bicyclic) bond motifs is 1. The number of imide groups is 1. The highest BCUT2D eigenvalue weighted by Gasteiger charge is 2.36. The summed E-state index contributed by atoms with van der Waals surface area (Å²) >= 11 is 0. The van der Waals surface area contributed by atoms with E-state index >= 15 is 0 Å². The highest BCUT2D eigenvalue weighted by Crippen LogP contribution is 2.31. The molecule has 9 nitrogen and oxygen atoms in total. The molecule has 0 bridgehead atoms. The molecule has 2 aromatic heterocycles. The summed E-state index contributed by atoms with van der Waals surface area (Å²) in [6.45, 7) is 4.07. The molecule has 2 aromatic rings. The van der Waals surface area contributed by atoms with E-state index in [2.05, 4.69) is 10.1 Å². The van der Waals surface area contributed by atoms with Gasteiger partial charge in [-0.3, -0.25) is 29.2 Å². The van der Waals surface area contributed by atoms with Crippen LogP contribution in [0.1, 0.15) is 55.6 Å². The highest BCUT2D eigenvalue weighted by molar-refractivity contribution is 6.04. The van der Waals surface area contributed by atoms with Crippen molar-refractivity contribution in [2.24, 2.45) is 0 Å². The molecular weight excluding hydrogens is 362 g/mol. The van der Waals surface area contributed by atoms with Crippen molar-refractivity contribution in [2.45, 2.75) is 52.0 Å². The molecule has 4 heterocycles. The molecule has 28 heavy (non-hydrogen) atoms. The third kappa shape index (κ3) is 2.90. The molecule has 148 valence electrons. The van der Waals surface area contributed by atoms with Crippen LogP contribution in [0.15, 0.2) is 10.9 Å². The van der Waals surface area contributed by atoms with Crippen LogP contribution >= 0.6 is 0 Å². The van der Waals surface area contributed by atoms with Gasteiger partial charge in [0, 0.05) is 36.7 Å². The molecule has 2 aliphatic rings. The smallest absolute Gasteiger partial charge is 0.276 e. The van der Waals surface area contributed by atoms with Crippen LogP contribution in [-0.2, 0) is 20.8 Å². The number of nitrogens with zero attached hydrogens (tertiary/aromatic N) is 4. The number of carbonyl (C=O) groups excluding carboxylic acids is 3. The van der Waals surface area contributed by atoms with Crippen molar-refractivity contribution in [3.63, 3.8) is 0 Å². The van der Waals surface area contributed by atoms with E-state index in [4.69, 9.17) is 0 Å². The minimum absolute atomic E-state index is 0.125. The summed E-state index contributed by atoms with van der Waals surface area (Å²) in [5, 5.41) is 3.10. The number of carbonyl (C=O) groups is 3. The van der Waals surface area contributed by atoms with Gasteiger partial charge in [-0.15, -0.1) is 0 Å². The molecule has 1 atom stereocenters. The van der Waals surface area contributed by atoms with E-state index in [0.717, 1.165) is 23.4 Å². The number of nitrogens with one attached hydrogen (secondary N) is 1. The Balaban J connectivity index is 1.62. The molecule has 0 radical (unpaired) electrons. The second-order valence-electron chi connectivity index (χ2n) is 7.36. The Hall–Kier alpha value is -2.97. The lowest BCUT2D eigenvalue weighted by Gasteiger charge is -2.25. The third-order valence-corrected chi connectivity index (χ3v) is 5.67. The van der Waals surface area contributed by atoms with Gasteiger partial charge in [0.15, 0.2) is 5.65 Å². The molecule has 9 heteroatoms. The first-order valence-corrected chi connectivity index (χ1v) is 9.64. The van der Waals surface area contributed by atoms with Gasteiger partial charge >= 0.3 is 0 Å². The zero-order chi connectivity index (χ0) is 20.0. The van der Waals surface area contributed by atoms with Gasteiger partial charge in [0.1, 0.15) is 6.54 Å². The number of amides is 3. The molecule has 0 spiro atoms. The van der Waals surface area contributed by atoms with Crippen LogP contribution in [0.5, 0.6) is 0 Å². The Kier molecular flexibility index (Phi) is 4.52. The minimum Gasteiger partial charge on any atom is -0.333 e. The van der Waals surface area contributed by atoms with Crippen molar-refractivity contribution in [3.05, 3.63) is 33.4 Å². The molecule has 3 amide bonds. The zero-order valence-electron chi connectivity index (χ0n) is 16.0. The van der Waals surface area contributed by atoms with Crippen LogP contribution in [0, 0.1) is 6.92 Å². The standard InChI is InChI=1S/C19H23N5O4/c1-3-12-11(2)20-15-9-13(21-24(15)19(12)28)14-5-4-8-22(14)18(27)10-23-16(25)6-7-17(23)26/h9,14,21H,3-8,10H2,1-2H3. The van der Waals surface area contributed by atoms with Gasteiger partial charge < -0.3 is 4.90 Å². The van der Waals surface area contributed by atoms with Crippen molar-refractivity contribution in [2.75, 3.05) is 13.1 Å². The van der Waals surface area contributed by atoms with Gasteiger partial charge in [0.2, 0.25) is 17.7 Å². The number of likely N-dealkylation sites (tertiary alicyclic amines) is 2. The number of H-pyrrole nitrogens is 1. The lowest BCUT2D eigenvalue weighted by Crippen LogP contribution is -2.42. The van der Waals surface area contributed by atoms with E-state index < -0.39 is 0 Å². The molecule has 2 saturated heterocycles. The van der Waals surface area contributed by atoms with Gasteiger partial charge in [-0.25, -0.2) is 9.50 Å². The average Bonchev–Trinajstić information content (AvgIpc) is 3.36. The highest BCUT2D eigenvalue weighted by atomic mass is 16.2. The summed E-state index contributed by atoms with van der Waals surface area (Å²) in [5.41, 5.74) is 2.52. The number of hydrogen-bond donors (Lipinski definition) is 1. The first-order chi connectivity index (χ1) is 13.4. The Morgan fingerprint density at radius 1 is 1.25 bits per heavy atom. The minimum atomic E-state index is -0.293. The number of hydrogen-bond acceptors (Lipinski definition) is 5. The Morgan fingerprint density at radius 2 is 1.96 bits per heavy atom. The van der Waals surface area contributed by atoms with E-state index in [1.54, 1.807) is 11.0 Å². The largest absolute Gasteiger partial charge is 0.333 e. The summed E-state index contributed by atoms with van der Waals surface area (Å²) in [5.74, 6) is -0.841. The van der Waals surface area contributed by atoms with Crippen molar-refractivity contribution >= 4 is 23.4 Å². The zero-order valence-corrected chi connectivity index (χ0v) is 16.0. The number of aromatic amines is 1. The second-order valence-corrected chi connectivity index (χ2v) is 7.36. The van der Waals surface area contributed by atoms with Crippen molar-refractivity contribution in [1.82, 2.24) is 24.4 Å². The Labute approximate surface area is 161 Å². The van der Waals surface area contributed by atoms with Gasteiger partial charge in [0.05, 0.1) is 11.7 Å². The van der Waals surface area contributed by atoms with Crippen LogP contribution in [0.4, 0.5) is 0 Å². The van der Waals surface area contributed by atoms with Crippen molar-refractivity contribution < 1.29 is 14.4 Å². The first kappa shape index (κ1) is 18.4. The summed E-state index contributed by atoms with van der Waals surface area (Å²) in [6, 6.07) is 1.57. The number of aromatic nitrogens is 3. The first-order valence-electron chi connectivity index (χ1n) is 9.64. The molecule has 2 aliphatic heterocycles. The van der Waals surface area contributed by atoms with Crippen molar-refractivity contribution in [3.8, 4) is 0 Å². The van der Waals surface area contributed by atoms with Crippen LogP contribution < -0.4 is 5.56 Å². The van der Waals surface area contributed by atoms with Gasteiger partial charge in [0.25, 0.3) is 5.56 Å². The van der Waals surface area contributed by atoms with Gasteiger partial charge in [-0.1, -0.05) is 6.92 Å². The third-order valence-electron chi connectivity index (χ3n) is 5.67. The molecule has 1 unspecified atom stereocenters. The van der Waals surface area contributed by atoms with E-state index in [1.807, 2.05) is 13.8 Å². The normalized spacial score (nSPS) is 20.0. The summed E-state index contributed by atoms with van der Waals surface area (Å²) in [7, 11) is 0. The SMILES string of the molecule is CCc1c(C)nc2cc(C3CCCN3C(=O)CN3C(=O)CCC3=O)[nH]n2c1=O. The fourth-order valence-corrected chi connectivity index (χ4v) is 4.18. The monoisotopic (exact) mass is 385 g/mol. The Morgan fingerprint density at radius 3 is 2.64 bits per heavy atom. The average molecular weight is 385 g/mol. The fourth-order valence-electron chi connectivity index (χ4n) is 4.18. The molecule has 2 fully saturated rings. The summed E-state index contributed by atoms with van der Waals surface area (Å²) in [4.78, 5) is 56.3. The Bertz CT molecular complexity index is 1020. The molecule has 1 N–H and O–H groups in total. The predicted octanol–water partition coefficient (Wildman–Crippen LogP) is 0.706. The van der Waals surface area contributed by atoms with E-state index in [9.17, 15) is 19.2 Å². The van der Waals surface area contributed by atoms with Crippen LogP contribution in [-0.4, -0.2) is 55.2 Å². The van der Waals surface area contributed by atoms with Crippen LogP contribution in [0.25, 0.3) is 5.65 Å². The van der Waals surface area contributed by atoms with E-state index in [-0.39, 0.29) is 48.7 Å². The maximum absolute atomic E-state index is 12.8. The van der Waals surface area contributed by atoms with Gasteiger partial charge in [-0.2, -0.15) is 0 Å². The lowest BCUT2D eigenvalue weighted by molar-refractivity contribution is -0.145. The summed E-state index contributed by atoms with van der Waals surface area (Å²) < 4.78 is 1.43. The van der Waals surface area contributed by atoms with Crippen LogP contribution in [0.3, 0.4) is 0 Å². The quantitative estimate of drug-likeness (QED) is 0.780. The van der Waals surface area contributed by atoms with E-state index in [1.165, 1.54) is 4.52 Å². The predicted molar refractivity (Wildman–Crippen MR) is 99.6 cm³/mol. The summed E-state index contributed by atoms with van der Waals surface area (Å²) in [6.07, 6.45) is 2.50. The maximum Gasteiger partial charge on any atom is 0.276 e.